The smallest absolute Gasteiger partial charge is 0.251 e. The van der Waals surface area contributed by atoms with Crippen molar-refractivity contribution in [2.45, 2.75) is 25.3 Å². The number of aromatic nitrogens is 3. The number of nitrogens with one attached hydrogen (secondary N) is 2. The molecule has 31 heavy (non-hydrogen) atoms. The van der Waals surface area contributed by atoms with Gasteiger partial charge in [0.25, 0.3) is 5.91 Å². The van der Waals surface area contributed by atoms with Crippen LogP contribution in [-0.2, 0) is 11.2 Å². The van der Waals surface area contributed by atoms with Crippen LogP contribution >= 0.6 is 0 Å². The molecule has 0 aliphatic carbocycles. The number of rotatable bonds is 6. The third-order valence-electron chi connectivity index (χ3n) is 5.49. The van der Waals surface area contributed by atoms with Crippen LogP contribution < -0.4 is 10.1 Å². The van der Waals surface area contributed by atoms with E-state index in [1.165, 1.54) is 0 Å². The number of aromatic amines is 1. The molecule has 1 fully saturated rings. The van der Waals surface area contributed by atoms with E-state index in [0.29, 0.717) is 30.3 Å². The van der Waals surface area contributed by atoms with E-state index in [-0.39, 0.29) is 30.2 Å². The van der Waals surface area contributed by atoms with Crippen molar-refractivity contribution in [1.29, 1.82) is 0 Å². The average molecular weight is 419 g/mol. The summed E-state index contributed by atoms with van der Waals surface area (Å²) in [6.45, 7) is 2.69. The van der Waals surface area contributed by atoms with Gasteiger partial charge in [0.1, 0.15) is 11.6 Å². The predicted molar refractivity (Wildman–Crippen MR) is 115 cm³/mol. The third-order valence-corrected chi connectivity index (χ3v) is 5.49. The average Bonchev–Trinajstić information content (AvgIpc) is 3.41. The van der Waals surface area contributed by atoms with E-state index in [0.717, 1.165) is 11.3 Å². The first-order valence-electron chi connectivity index (χ1n) is 10.2. The number of carbonyl (C=O) groups is 2. The van der Waals surface area contributed by atoms with Crippen LogP contribution in [0.2, 0.25) is 0 Å². The minimum absolute atomic E-state index is 0.00103. The summed E-state index contributed by atoms with van der Waals surface area (Å²) in [6.07, 6.45) is 0.281. The maximum Gasteiger partial charge on any atom is 0.251 e. The number of benzene rings is 2. The third kappa shape index (κ3) is 4.74. The maximum absolute atomic E-state index is 13.0. The molecule has 2 N–H and O–H groups in total. The summed E-state index contributed by atoms with van der Waals surface area (Å²) in [4.78, 5) is 31.9. The molecule has 160 valence electrons. The van der Waals surface area contributed by atoms with Crippen LogP contribution in [0.15, 0.2) is 54.6 Å². The molecule has 0 unspecified atom stereocenters. The Kier molecular flexibility index (Phi) is 5.97. The van der Waals surface area contributed by atoms with Gasteiger partial charge in [-0.05, 0) is 36.8 Å². The lowest BCUT2D eigenvalue weighted by molar-refractivity contribution is -0.129. The molecule has 2 atom stereocenters. The van der Waals surface area contributed by atoms with Crippen LogP contribution in [0.4, 0.5) is 0 Å². The first-order chi connectivity index (χ1) is 15.0. The highest BCUT2D eigenvalue weighted by Crippen LogP contribution is 2.26. The van der Waals surface area contributed by atoms with Crippen molar-refractivity contribution in [3.8, 4) is 5.75 Å². The minimum Gasteiger partial charge on any atom is -0.497 e. The first kappa shape index (κ1) is 20.6. The Morgan fingerprint density at radius 2 is 1.87 bits per heavy atom. The Morgan fingerprint density at radius 3 is 2.52 bits per heavy atom. The van der Waals surface area contributed by atoms with Gasteiger partial charge >= 0.3 is 0 Å². The molecular weight excluding hydrogens is 394 g/mol. The maximum atomic E-state index is 13.0. The number of likely N-dealkylation sites (tertiary alicyclic amines) is 1. The highest BCUT2D eigenvalue weighted by Gasteiger charge is 2.39. The summed E-state index contributed by atoms with van der Waals surface area (Å²) in [5.41, 5.74) is 1.49. The molecule has 2 aromatic carbocycles. The van der Waals surface area contributed by atoms with Gasteiger partial charge < -0.3 is 15.0 Å². The fourth-order valence-electron chi connectivity index (χ4n) is 3.81. The van der Waals surface area contributed by atoms with Crippen LogP contribution in [0.1, 0.15) is 33.5 Å². The van der Waals surface area contributed by atoms with Gasteiger partial charge in [-0.3, -0.25) is 14.7 Å². The molecule has 0 bridgehead atoms. The van der Waals surface area contributed by atoms with E-state index >= 15 is 0 Å². The van der Waals surface area contributed by atoms with Crippen molar-refractivity contribution in [2.75, 3.05) is 20.2 Å². The molecule has 3 aromatic rings. The number of H-pyrrole nitrogens is 1. The first-order valence-corrected chi connectivity index (χ1v) is 10.2. The zero-order valence-electron chi connectivity index (χ0n) is 17.5. The lowest BCUT2D eigenvalue weighted by atomic mass is 10.0. The summed E-state index contributed by atoms with van der Waals surface area (Å²) in [7, 11) is 1.61. The van der Waals surface area contributed by atoms with E-state index in [2.05, 4.69) is 20.5 Å². The predicted octanol–water partition coefficient (Wildman–Crippen LogP) is 2.09. The van der Waals surface area contributed by atoms with Crippen LogP contribution in [0.3, 0.4) is 0 Å². The number of carbonyl (C=O) groups excluding carboxylic acids is 2. The summed E-state index contributed by atoms with van der Waals surface area (Å²) in [5, 5.41) is 10.2. The molecule has 0 saturated carbocycles. The van der Waals surface area contributed by atoms with Crippen molar-refractivity contribution < 1.29 is 14.3 Å². The Hall–Kier alpha value is -3.68. The van der Waals surface area contributed by atoms with E-state index in [1.807, 2.05) is 49.4 Å². The Morgan fingerprint density at radius 1 is 1.13 bits per heavy atom. The molecule has 4 rings (SSSR count). The largest absolute Gasteiger partial charge is 0.497 e. The van der Waals surface area contributed by atoms with E-state index in [9.17, 15) is 9.59 Å². The van der Waals surface area contributed by atoms with E-state index < -0.39 is 0 Å². The highest BCUT2D eigenvalue weighted by atomic mass is 16.5. The van der Waals surface area contributed by atoms with E-state index in [1.54, 1.807) is 24.1 Å². The molecule has 8 heteroatoms. The van der Waals surface area contributed by atoms with Gasteiger partial charge in [0.05, 0.1) is 25.5 Å². The molecule has 1 aliphatic heterocycles. The van der Waals surface area contributed by atoms with Crippen LogP contribution in [0.25, 0.3) is 0 Å². The molecule has 8 nitrogen and oxygen atoms in total. The zero-order chi connectivity index (χ0) is 21.8. The SMILES string of the molecule is COc1ccc(CC(=O)N2C[C@@H](NC(=O)c3ccccc3)[C@H](c3n[nH]c(C)n3)C2)cc1. The quantitative estimate of drug-likeness (QED) is 0.637. The second-order valence-corrected chi connectivity index (χ2v) is 7.66. The molecule has 1 aromatic heterocycles. The van der Waals surface area contributed by atoms with Crippen molar-refractivity contribution in [3.05, 3.63) is 77.4 Å². The number of aryl methyl sites for hydroxylation is 1. The minimum atomic E-state index is -0.275. The van der Waals surface area contributed by atoms with Crippen LogP contribution in [0.5, 0.6) is 5.75 Å². The number of hydrogen-bond acceptors (Lipinski definition) is 5. The second kappa shape index (κ2) is 8.99. The van der Waals surface area contributed by atoms with Crippen LogP contribution in [-0.4, -0.2) is 58.1 Å². The van der Waals surface area contributed by atoms with Crippen LogP contribution in [0, 0.1) is 6.92 Å². The summed E-state index contributed by atoms with van der Waals surface area (Å²) in [5.74, 6) is 1.70. The highest BCUT2D eigenvalue weighted by molar-refractivity contribution is 5.94. The topological polar surface area (TPSA) is 100 Å². The lowest BCUT2D eigenvalue weighted by Crippen LogP contribution is -2.40. The number of methoxy groups -OCH3 is 1. The molecule has 0 spiro atoms. The van der Waals surface area contributed by atoms with Gasteiger partial charge in [0.15, 0.2) is 5.82 Å². The zero-order valence-corrected chi connectivity index (χ0v) is 17.5. The van der Waals surface area contributed by atoms with Gasteiger partial charge in [0.2, 0.25) is 5.91 Å². The van der Waals surface area contributed by atoms with Crippen molar-refractivity contribution in [2.24, 2.45) is 0 Å². The molecule has 0 radical (unpaired) electrons. The number of amides is 2. The van der Waals surface area contributed by atoms with Crippen molar-refractivity contribution >= 4 is 11.8 Å². The molecule has 1 aliphatic rings. The molecule has 1 saturated heterocycles. The standard InChI is InChI=1S/C23H25N5O3/c1-15-24-22(27-26-15)19-13-28(21(29)12-16-8-10-18(31-2)11-9-16)14-20(19)25-23(30)17-6-4-3-5-7-17/h3-11,19-20H,12-14H2,1-2H3,(H,25,30)(H,24,26,27)/t19-,20-/m1/s1. The van der Waals surface area contributed by atoms with Crippen molar-refractivity contribution in [3.63, 3.8) is 0 Å². The Bertz CT molecular complexity index is 1050. The lowest BCUT2D eigenvalue weighted by Gasteiger charge is -2.18. The van der Waals surface area contributed by atoms with Crippen molar-refractivity contribution in [1.82, 2.24) is 25.4 Å². The number of nitrogens with zero attached hydrogens (tertiary/aromatic N) is 3. The Labute approximate surface area is 180 Å². The number of ether oxygens (including phenoxy) is 1. The normalized spacial score (nSPS) is 18.1. The fraction of sp³-hybridized carbons (Fsp3) is 0.304. The molecular formula is C23H25N5O3. The fourth-order valence-corrected chi connectivity index (χ4v) is 3.81. The Balaban J connectivity index is 1.49. The summed E-state index contributed by atoms with van der Waals surface area (Å²) < 4.78 is 5.17. The second-order valence-electron chi connectivity index (χ2n) is 7.66. The summed E-state index contributed by atoms with van der Waals surface area (Å²) >= 11 is 0. The van der Waals surface area contributed by atoms with Gasteiger partial charge in [-0.15, -0.1) is 0 Å². The van der Waals surface area contributed by atoms with E-state index in [4.69, 9.17) is 4.74 Å². The van der Waals surface area contributed by atoms with Gasteiger partial charge in [-0.2, -0.15) is 5.10 Å². The van der Waals surface area contributed by atoms with Gasteiger partial charge in [0, 0.05) is 18.7 Å². The van der Waals surface area contributed by atoms with Gasteiger partial charge in [-0.1, -0.05) is 30.3 Å². The molecule has 2 amide bonds. The molecule has 2 heterocycles. The monoisotopic (exact) mass is 419 g/mol. The number of hydrogen-bond donors (Lipinski definition) is 2. The summed E-state index contributed by atoms with van der Waals surface area (Å²) in [6, 6.07) is 16.2. The van der Waals surface area contributed by atoms with Gasteiger partial charge in [-0.25, -0.2) is 4.98 Å².